The van der Waals surface area contributed by atoms with Crippen molar-refractivity contribution in [3.05, 3.63) is 0 Å². The number of ether oxygens (including phenoxy) is 4. The fraction of sp³-hybridized carbons (Fsp3) is 0.951. The number of phosphoric acid groups is 2. The molecule has 0 saturated heterocycles. The standard InChI is InChI=1S/C82H160O17P2/c1-6-9-12-15-18-21-24-27-29-31-33-35-37-42-47-52-57-62-67-81(86)98-77(72-93-80(85)66-61-56-51-46-41-36-34-32-30-28-25-22-19-16-13-10-7-2)73-96-100(88,89)94-69-76(83)70-95-101(90,91)97-74-78(71-92-79(84)65-60-55-50-45-40-26-23-20-17-14-11-8-3)99-82(87)68-63-58-53-48-43-38-39-44-49-54-59-64-75(4)5/h75-78,83H,6-74H2,1-5H3,(H,88,89)(H,90,91)/t76-,77-,78-/m1/s1. The van der Waals surface area contributed by atoms with Crippen molar-refractivity contribution in [2.75, 3.05) is 39.6 Å². The first-order valence-electron chi connectivity index (χ1n) is 42.6. The number of rotatable bonds is 82. The summed E-state index contributed by atoms with van der Waals surface area (Å²) in [6.45, 7) is 7.35. The number of hydrogen-bond donors (Lipinski definition) is 3. The monoisotopic (exact) mass is 1480 g/mol. The van der Waals surface area contributed by atoms with Crippen molar-refractivity contribution in [1.82, 2.24) is 0 Å². The Labute approximate surface area is 619 Å². The SMILES string of the molecule is CCCCCCCCCCCCCCCCCCCCC(=O)O[C@H](COC(=O)CCCCCCCCCCCCCCCCCCC)COP(=O)(O)OC[C@@H](O)COP(=O)(O)OC[C@@H](COC(=O)CCCCCCCCCCCCCC)OC(=O)CCCCCCCCCCCCCC(C)C. The lowest BCUT2D eigenvalue weighted by atomic mass is 10.0. The van der Waals surface area contributed by atoms with Crippen molar-refractivity contribution in [2.45, 2.75) is 457 Å². The Hall–Kier alpha value is -1.94. The van der Waals surface area contributed by atoms with Gasteiger partial charge in [-0.25, -0.2) is 9.13 Å². The topological polar surface area (TPSA) is 237 Å². The fourth-order valence-corrected chi connectivity index (χ4v) is 14.3. The Kier molecular flexibility index (Phi) is 73.5. The molecule has 17 nitrogen and oxygen atoms in total. The minimum Gasteiger partial charge on any atom is -0.462 e. The van der Waals surface area contributed by atoms with Crippen LogP contribution in [0.4, 0.5) is 0 Å². The molecule has 0 heterocycles. The summed E-state index contributed by atoms with van der Waals surface area (Å²) in [4.78, 5) is 73.1. The lowest BCUT2D eigenvalue weighted by molar-refractivity contribution is -0.161. The van der Waals surface area contributed by atoms with Crippen molar-refractivity contribution in [3.8, 4) is 0 Å². The smallest absolute Gasteiger partial charge is 0.462 e. The van der Waals surface area contributed by atoms with Gasteiger partial charge < -0.3 is 33.8 Å². The van der Waals surface area contributed by atoms with Crippen LogP contribution in [0.15, 0.2) is 0 Å². The van der Waals surface area contributed by atoms with Gasteiger partial charge in [-0.3, -0.25) is 37.3 Å². The lowest BCUT2D eigenvalue weighted by Gasteiger charge is -2.21. The minimum atomic E-state index is -4.96. The van der Waals surface area contributed by atoms with Gasteiger partial charge in [0, 0.05) is 25.7 Å². The molecule has 0 aliphatic heterocycles. The van der Waals surface area contributed by atoms with Crippen LogP contribution < -0.4 is 0 Å². The second-order valence-corrected chi connectivity index (χ2v) is 32.9. The molecule has 0 saturated carbocycles. The summed E-state index contributed by atoms with van der Waals surface area (Å²) in [6, 6.07) is 0. The van der Waals surface area contributed by atoms with Crippen molar-refractivity contribution >= 4 is 39.5 Å². The molecule has 0 aromatic heterocycles. The van der Waals surface area contributed by atoms with Gasteiger partial charge in [0.15, 0.2) is 12.2 Å². The van der Waals surface area contributed by atoms with E-state index in [1.54, 1.807) is 0 Å². The summed E-state index contributed by atoms with van der Waals surface area (Å²) >= 11 is 0. The first-order valence-corrected chi connectivity index (χ1v) is 45.6. The molecular weight excluding hydrogens is 1320 g/mol. The van der Waals surface area contributed by atoms with Gasteiger partial charge in [0.05, 0.1) is 26.4 Å². The van der Waals surface area contributed by atoms with Crippen LogP contribution in [0.2, 0.25) is 0 Å². The Balaban J connectivity index is 5.25. The highest BCUT2D eigenvalue weighted by molar-refractivity contribution is 7.47. The highest BCUT2D eigenvalue weighted by atomic mass is 31.2. The van der Waals surface area contributed by atoms with Gasteiger partial charge in [0.25, 0.3) is 0 Å². The van der Waals surface area contributed by atoms with Gasteiger partial charge in [-0.1, -0.05) is 388 Å². The molecule has 5 atom stereocenters. The average Bonchev–Trinajstić information content (AvgIpc) is 1.09. The quantitative estimate of drug-likeness (QED) is 0.0222. The van der Waals surface area contributed by atoms with Crippen LogP contribution in [-0.4, -0.2) is 96.7 Å². The second kappa shape index (κ2) is 74.9. The molecule has 0 aliphatic rings. The Bertz CT molecular complexity index is 1930. The molecule has 0 aromatic rings. The van der Waals surface area contributed by atoms with Crippen molar-refractivity contribution in [3.63, 3.8) is 0 Å². The molecular formula is C82H160O17P2. The third-order valence-corrected chi connectivity index (χ3v) is 21.2. The molecule has 101 heavy (non-hydrogen) atoms. The summed E-state index contributed by atoms with van der Waals surface area (Å²) in [6.07, 6.45) is 66.5. The van der Waals surface area contributed by atoms with E-state index in [9.17, 15) is 43.2 Å². The summed E-state index contributed by atoms with van der Waals surface area (Å²) in [5.74, 6) is -1.34. The molecule has 0 aromatic carbocycles. The van der Waals surface area contributed by atoms with E-state index in [2.05, 4.69) is 34.6 Å². The third-order valence-electron chi connectivity index (χ3n) is 19.3. The van der Waals surface area contributed by atoms with E-state index < -0.39 is 97.5 Å². The predicted octanol–water partition coefficient (Wildman–Crippen LogP) is 24.8. The summed E-state index contributed by atoms with van der Waals surface area (Å²) in [5.41, 5.74) is 0. The number of aliphatic hydroxyl groups is 1. The van der Waals surface area contributed by atoms with Crippen LogP contribution in [0.3, 0.4) is 0 Å². The zero-order valence-electron chi connectivity index (χ0n) is 66.1. The van der Waals surface area contributed by atoms with Crippen LogP contribution in [0.25, 0.3) is 0 Å². The van der Waals surface area contributed by atoms with Crippen molar-refractivity contribution in [1.29, 1.82) is 0 Å². The summed E-state index contributed by atoms with van der Waals surface area (Å²) < 4.78 is 68.8. The molecule has 600 valence electrons. The summed E-state index contributed by atoms with van der Waals surface area (Å²) in [7, 11) is -9.92. The Morgan fingerprint density at radius 2 is 0.455 bits per heavy atom. The molecule has 0 amide bonds. The number of hydrogen-bond acceptors (Lipinski definition) is 15. The molecule has 2 unspecified atom stereocenters. The maximum absolute atomic E-state index is 13.1. The number of carbonyl (C=O) groups is 4. The highest BCUT2D eigenvalue weighted by Crippen LogP contribution is 2.45. The van der Waals surface area contributed by atoms with E-state index in [0.717, 1.165) is 95.8 Å². The van der Waals surface area contributed by atoms with E-state index in [1.807, 2.05) is 0 Å². The van der Waals surface area contributed by atoms with Crippen LogP contribution in [0.1, 0.15) is 439 Å². The number of unbranched alkanes of at least 4 members (excludes halogenated alkanes) is 54. The molecule has 0 rings (SSSR count). The molecule has 3 N–H and O–H groups in total. The number of aliphatic hydroxyl groups excluding tert-OH is 1. The van der Waals surface area contributed by atoms with Gasteiger partial charge in [0.1, 0.15) is 19.3 Å². The molecule has 0 spiro atoms. The number of esters is 4. The van der Waals surface area contributed by atoms with Crippen molar-refractivity contribution < 1.29 is 80.2 Å². The van der Waals surface area contributed by atoms with Gasteiger partial charge >= 0.3 is 39.5 Å². The van der Waals surface area contributed by atoms with E-state index >= 15 is 0 Å². The van der Waals surface area contributed by atoms with Gasteiger partial charge in [-0.05, 0) is 31.6 Å². The molecule has 0 radical (unpaired) electrons. The van der Waals surface area contributed by atoms with Crippen molar-refractivity contribution in [2.24, 2.45) is 5.92 Å². The lowest BCUT2D eigenvalue weighted by Crippen LogP contribution is -2.30. The first kappa shape index (κ1) is 99.1. The largest absolute Gasteiger partial charge is 0.472 e. The van der Waals surface area contributed by atoms with Crippen LogP contribution in [-0.2, 0) is 65.4 Å². The minimum absolute atomic E-state index is 0.107. The fourth-order valence-electron chi connectivity index (χ4n) is 12.8. The second-order valence-electron chi connectivity index (χ2n) is 30.0. The maximum Gasteiger partial charge on any atom is 0.472 e. The van der Waals surface area contributed by atoms with E-state index in [1.165, 1.54) is 263 Å². The van der Waals surface area contributed by atoms with Gasteiger partial charge in [-0.2, -0.15) is 0 Å². The molecule has 0 fully saturated rings. The normalized spacial score (nSPS) is 13.8. The van der Waals surface area contributed by atoms with Crippen LogP contribution >= 0.6 is 15.6 Å². The Morgan fingerprint density at radius 1 is 0.267 bits per heavy atom. The van der Waals surface area contributed by atoms with Crippen LogP contribution in [0.5, 0.6) is 0 Å². The predicted molar refractivity (Wildman–Crippen MR) is 414 cm³/mol. The maximum atomic E-state index is 13.1. The first-order chi connectivity index (χ1) is 49.0. The number of carbonyl (C=O) groups excluding carboxylic acids is 4. The third kappa shape index (κ3) is 76.1. The molecule has 0 bridgehead atoms. The molecule has 0 aliphatic carbocycles. The van der Waals surface area contributed by atoms with Gasteiger partial charge in [0.2, 0.25) is 0 Å². The zero-order valence-corrected chi connectivity index (χ0v) is 67.8. The van der Waals surface area contributed by atoms with E-state index in [-0.39, 0.29) is 25.7 Å². The molecule has 19 heteroatoms. The van der Waals surface area contributed by atoms with E-state index in [4.69, 9.17) is 37.0 Å². The highest BCUT2D eigenvalue weighted by Gasteiger charge is 2.30. The Morgan fingerprint density at radius 3 is 0.673 bits per heavy atom. The number of phosphoric ester groups is 2. The van der Waals surface area contributed by atoms with E-state index in [0.29, 0.717) is 25.7 Å². The zero-order chi connectivity index (χ0) is 74.1. The van der Waals surface area contributed by atoms with Crippen LogP contribution in [0, 0.1) is 5.92 Å². The average molecular weight is 1480 g/mol. The van der Waals surface area contributed by atoms with Gasteiger partial charge in [-0.15, -0.1) is 0 Å². The summed E-state index contributed by atoms with van der Waals surface area (Å²) in [5, 5.41) is 10.7.